The van der Waals surface area contributed by atoms with Crippen LogP contribution >= 0.6 is 22.7 Å². The Balaban J connectivity index is 1.38. The minimum absolute atomic E-state index is 0.157. The van der Waals surface area contributed by atoms with E-state index in [4.69, 9.17) is 9.47 Å². The number of thiazole rings is 1. The van der Waals surface area contributed by atoms with E-state index in [1.807, 2.05) is 43.3 Å². The number of aromatic nitrogens is 1. The minimum atomic E-state index is -0.794. The van der Waals surface area contributed by atoms with Crippen LogP contribution in [0.4, 0.5) is 16.5 Å². The van der Waals surface area contributed by atoms with Gasteiger partial charge in [-0.05, 0) is 80.9 Å². The predicted octanol–water partition coefficient (Wildman–Crippen LogP) is 8.09. The number of nitriles is 1. The van der Waals surface area contributed by atoms with Crippen LogP contribution in [0.2, 0.25) is 0 Å². The fraction of sp³-hybridized carbons (Fsp3) is 0.267. The predicted molar refractivity (Wildman–Crippen MR) is 163 cm³/mol. The van der Waals surface area contributed by atoms with Crippen LogP contribution in [0.15, 0.2) is 70.4 Å². The topological polar surface area (TPSA) is 117 Å². The molecular formula is C30H29N5O4S2. The number of azo groups is 1. The second-order valence-corrected chi connectivity index (χ2v) is 10.8. The summed E-state index contributed by atoms with van der Waals surface area (Å²) in [4.78, 5) is 32.8. The first-order chi connectivity index (χ1) is 19.9. The number of esters is 2. The second-order valence-electron chi connectivity index (χ2n) is 8.78. The molecule has 0 saturated heterocycles. The van der Waals surface area contributed by atoms with Crippen LogP contribution < -0.4 is 9.64 Å². The Morgan fingerprint density at radius 2 is 1.76 bits per heavy atom. The summed E-state index contributed by atoms with van der Waals surface area (Å²) in [6.07, 6.45) is 3.19. The van der Waals surface area contributed by atoms with Gasteiger partial charge in [0.1, 0.15) is 22.2 Å². The van der Waals surface area contributed by atoms with E-state index in [2.05, 4.69) is 34.0 Å². The number of rotatable bonds is 12. The lowest BCUT2D eigenvalue weighted by molar-refractivity contribution is -0.129. The molecule has 0 unspecified atom stereocenters. The van der Waals surface area contributed by atoms with Crippen LogP contribution in [0, 0.1) is 11.3 Å². The van der Waals surface area contributed by atoms with Crippen molar-refractivity contribution in [1.82, 2.24) is 4.98 Å². The van der Waals surface area contributed by atoms with Gasteiger partial charge in [-0.1, -0.05) is 24.7 Å². The third kappa shape index (κ3) is 7.84. The maximum absolute atomic E-state index is 12.6. The number of carbonyl (C=O) groups excluding carboxylic acids is 2. The average Bonchev–Trinajstić information content (AvgIpc) is 3.55. The summed E-state index contributed by atoms with van der Waals surface area (Å²) in [5.74, 6) is -1.01. The fourth-order valence-electron chi connectivity index (χ4n) is 3.77. The summed E-state index contributed by atoms with van der Waals surface area (Å²) >= 11 is 2.71. The molecule has 2 aromatic carbocycles. The van der Waals surface area contributed by atoms with E-state index in [0.29, 0.717) is 22.2 Å². The number of hydrogen-bond acceptors (Lipinski definition) is 11. The normalized spacial score (nSPS) is 11.5. The zero-order valence-electron chi connectivity index (χ0n) is 23.0. The van der Waals surface area contributed by atoms with Crippen LogP contribution in [-0.2, 0) is 9.53 Å². The summed E-state index contributed by atoms with van der Waals surface area (Å²) in [6, 6.07) is 17.7. The highest BCUT2D eigenvalue weighted by Crippen LogP contribution is 2.36. The first-order valence-corrected chi connectivity index (χ1v) is 14.9. The first kappa shape index (κ1) is 29.6. The van der Waals surface area contributed by atoms with E-state index in [1.54, 1.807) is 0 Å². The smallest absolute Gasteiger partial charge is 0.354 e. The molecule has 41 heavy (non-hydrogen) atoms. The Kier molecular flexibility index (Phi) is 10.3. The fourth-order valence-corrected chi connectivity index (χ4v) is 5.75. The van der Waals surface area contributed by atoms with Crippen LogP contribution in [0.5, 0.6) is 5.75 Å². The van der Waals surface area contributed by atoms with Gasteiger partial charge in [0, 0.05) is 23.7 Å². The van der Waals surface area contributed by atoms with Crippen molar-refractivity contribution in [3.8, 4) is 11.8 Å². The summed E-state index contributed by atoms with van der Waals surface area (Å²) < 4.78 is 11.4. The largest absolute Gasteiger partial charge is 0.462 e. The van der Waals surface area contributed by atoms with Gasteiger partial charge in [-0.2, -0.15) is 5.26 Å². The lowest BCUT2D eigenvalue weighted by Crippen LogP contribution is -2.21. The lowest BCUT2D eigenvalue weighted by Gasteiger charge is -2.20. The number of hydrogen-bond donors (Lipinski definition) is 0. The molecular weight excluding hydrogens is 558 g/mol. The monoisotopic (exact) mass is 587 g/mol. The number of ether oxygens (including phenoxy) is 2. The molecule has 0 aliphatic rings. The van der Waals surface area contributed by atoms with Crippen LogP contribution in [-0.4, -0.2) is 36.6 Å². The number of unbranched alkanes of at least 4 members (excludes halogenated alkanes) is 1. The van der Waals surface area contributed by atoms with Gasteiger partial charge in [0.15, 0.2) is 0 Å². The van der Waals surface area contributed by atoms with E-state index >= 15 is 0 Å². The Morgan fingerprint density at radius 3 is 2.39 bits per heavy atom. The van der Waals surface area contributed by atoms with Crippen molar-refractivity contribution < 1.29 is 19.1 Å². The van der Waals surface area contributed by atoms with Crippen molar-refractivity contribution in [3.63, 3.8) is 0 Å². The molecule has 0 saturated carbocycles. The molecule has 9 nitrogen and oxygen atoms in total. The third-order valence-electron chi connectivity index (χ3n) is 5.98. The number of anilines is 1. The van der Waals surface area contributed by atoms with Crippen molar-refractivity contribution in [2.24, 2.45) is 10.2 Å². The molecule has 11 heteroatoms. The van der Waals surface area contributed by atoms with E-state index < -0.39 is 11.9 Å². The minimum Gasteiger partial charge on any atom is -0.462 e. The lowest BCUT2D eigenvalue weighted by atomic mass is 10.2. The van der Waals surface area contributed by atoms with Crippen molar-refractivity contribution >= 4 is 66.7 Å². The molecule has 0 aliphatic carbocycles. The maximum Gasteiger partial charge on any atom is 0.354 e. The molecule has 0 aliphatic heterocycles. The van der Waals surface area contributed by atoms with Gasteiger partial charge in [-0.25, -0.2) is 14.6 Å². The average molecular weight is 588 g/mol. The van der Waals surface area contributed by atoms with Crippen molar-refractivity contribution in [3.05, 3.63) is 70.6 Å². The summed E-state index contributed by atoms with van der Waals surface area (Å²) in [6.45, 7) is 8.49. The molecule has 0 spiro atoms. The van der Waals surface area contributed by atoms with Gasteiger partial charge in [0.05, 0.1) is 22.6 Å². The molecule has 0 fully saturated rings. The molecule has 0 amide bonds. The summed E-state index contributed by atoms with van der Waals surface area (Å²) in [5.41, 5.74) is 2.08. The standard InChI is InChI=1S/C30H29N5O4S2/c1-4-7-16-38-28(36)20-8-14-24(15-9-20)39-29(37)21(19-31)17-25-18-26-27(40-25)32-30(41-26)34-33-22-10-12-23(13-11-22)35(5-2)6-3/h8-15,17-18H,4-7,16H2,1-3H3/b21-17+,34-33+. The summed E-state index contributed by atoms with van der Waals surface area (Å²) in [7, 11) is 0. The third-order valence-corrected chi connectivity index (χ3v) is 7.98. The Bertz CT molecular complexity index is 1560. The van der Waals surface area contributed by atoms with Crippen molar-refractivity contribution in [1.29, 1.82) is 5.26 Å². The van der Waals surface area contributed by atoms with Crippen molar-refractivity contribution in [2.45, 2.75) is 33.6 Å². The van der Waals surface area contributed by atoms with Crippen molar-refractivity contribution in [2.75, 3.05) is 24.6 Å². The Hall–Kier alpha value is -4.40. The van der Waals surface area contributed by atoms with Gasteiger partial charge in [-0.15, -0.1) is 21.6 Å². The number of fused-ring (bicyclic) bond motifs is 1. The quantitative estimate of drug-likeness (QED) is 0.0410. The number of thiophene rings is 1. The molecule has 0 N–H and O–H groups in total. The highest BCUT2D eigenvalue weighted by atomic mass is 32.1. The molecule has 0 radical (unpaired) electrons. The molecule has 2 heterocycles. The number of nitrogens with zero attached hydrogens (tertiary/aromatic N) is 5. The molecule has 2 aromatic heterocycles. The zero-order valence-corrected chi connectivity index (χ0v) is 24.6. The Labute approximate surface area is 246 Å². The summed E-state index contributed by atoms with van der Waals surface area (Å²) in [5, 5.41) is 18.7. The van der Waals surface area contributed by atoms with Gasteiger partial charge in [0.25, 0.3) is 0 Å². The molecule has 4 aromatic rings. The highest BCUT2D eigenvalue weighted by Gasteiger charge is 2.15. The van der Waals surface area contributed by atoms with Crippen LogP contribution in [0.1, 0.15) is 48.8 Å². The van der Waals surface area contributed by atoms with E-state index in [0.717, 1.165) is 46.8 Å². The first-order valence-electron chi connectivity index (χ1n) is 13.2. The van der Waals surface area contributed by atoms with Gasteiger partial charge >= 0.3 is 11.9 Å². The molecule has 210 valence electrons. The van der Waals surface area contributed by atoms with Gasteiger partial charge in [-0.3, -0.25) is 0 Å². The van der Waals surface area contributed by atoms with Crippen LogP contribution in [0.3, 0.4) is 0 Å². The van der Waals surface area contributed by atoms with Crippen LogP contribution in [0.25, 0.3) is 15.6 Å². The SMILES string of the molecule is CCCCOC(=O)c1ccc(OC(=O)/C(C#N)=C/c2cc3sc(/N=N/c4ccc(N(CC)CC)cc4)nc3s2)cc1. The van der Waals surface area contributed by atoms with Gasteiger partial charge < -0.3 is 14.4 Å². The number of carbonyl (C=O) groups is 2. The molecule has 4 rings (SSSR count). The number of benzene rings is 2. The highest BCUT2D eigenvalue weighted by molar-refractivity contribution is 7.29. The van der Waals surface area contributed by atoms with E-state index in [-0.39, 0.29) is 11.3 Å². The van der Waals surface area contributed by atoms with E-state index in [1.165, 1.54) is 53.0 Å². The van der Waals surface area contributed by atoms with Gasteiger partial charge in [0.2, 0.25) is 5.13 Å². The molecule has 0 atom stereocenters. The zero-order chi connectivity index (χ0) is 29.2. The maximum atomic E-state index is 12.6. The molecule has 0 bridgehead atoms. The van der Waals surface area contributed by atoms with E-state index in [9.17, 15) is 14.9 Å². The second kappa shape index (κ2) is 14.3. The Morgan fingerprint density at radius 1 is 1.02 bits per heavy atom.